The van der Waals surface area contributed by atoms with Gasteiger partial charge >= 0.3 is 52.5 Å². The second-order valence-corrected chi connectivity index (χ2v) is 6.67. The van der Waals surface area contributed by atoms with E-state index in [-0.39, 0.29) is 19.5 Å². The molecular weight excluding hydrogens is 391 g/mol. The van der Waals surface area contributed by atoms with Crippen molar-refractivity contribution in [2.24, 2.45) is 0 Å². The summed E-state index contributed by atoms with van der Waals surface area (Å²) >= 11 is 1.96. The molecule has 1 heterocycles. The third-order valence-corrected chi connectivity index (χ3v) is 2.32. The van der Waals surface area contributed by atoms with Crippen molar-refractivity contribution in [3.8, 4) is 0 Å². The molecule has 0 aliphatic carbocycles. The molecule has 0 aromatic heterocycles. The summed E-state index contributed by atoms with van der Waals surface area (Å²) in [6, 6.07) is 0. The van der Waals surface area contributed by atoms with Gasteiger partial charge < -0.3 is 16.7 Å². The van der Waals surface area contributed by atoms with Crippen LogP contribution in [0, 0.1) is 13.6 Å². The summed E-state index contributed by atoms with van der Waals surface area (Å²) in [5.41, 5.74) is 0. The first-order valence-electron chi connectivity index (χ1n) is 5.57. The molecule has 124 valence electrons. The predicted molar refractivity (Wildman–Crippen MR) is 74.5 cm³/mol. The maximum absolute atomic E-state index is 10.7. The first-order valence-corrected chi connectivity index (χ1v) is 8.75. The first-order chi connectivity index (χ1) is 8.78. The summed E-state index contributed by atoms with van der Waals surface area (Å²) in [5.74, 6) is 2.38. The molecule has 11 heteroatoms. The Bertz CT molecular complexity index is 286. The zero-order valence-electron chi connectivity index (χ0n) is 12.2. The third-order valence-electron chi connectivity index (χ3n) is 1.44. The molecule has 1 aliphatic rings. The fraction of sp³-hybridized carbons (Fsp3) is 0.600. The molecule has 21 heavy (non-hydrogen) atoms. The van der Waals surface area contributed by atoms with Gasteiger partial charge in [0.25, 0.3) is 0 Å². The summed E-state index contributed by atoms with van der Waals surface area (Å²) in [6.45, 7) is 11.4. The Morgan fingerprint density at radius 2 is 1.52 bits per heavy atom. The number of halogens is 6. The fourth-order valence-electron chi connectivity index (χ4n) is 0.882. The molecule has 1 aliphatic heterocycles. The number of hydrogen-bond donors (Lipinski definition) is 0. The minimum atomic E-state index is -10.7. The summed E-state index contributed by atoms with van der Waals surface area (Å²) in [5, 5.41) is 0. The summed E-state index contributed by atoms with van der Waals surface area (Å²) in [4.78, 5) is 4.03. The van der Waals surface area contributed by atoms with E-state index in [9.17, 15) is 25.2 Å². The van der Waals surface area contributed by atoms with Gasteiger partial charge in [-0.3, -0.25) is 0 Å². The predicted octanol–water partition coefficient (Wildman–Crippen LogP) is 5.67. The molecule has 0 amide bonds. The van der Waals surface area contributed by atoms with Crippen LogP contribution in [0.4, 0.5) is 25.2 Å². The van der Waals surface area contributed by atoms with Crippen molar-refractivity contribution >= 4 is 19.6 Å². The molecule has 0 atom stereocenters. The minimum absolute atomic E-state index is 0. The molecule has 0 aromatic rings. The van der Waals surface area contributed by atoms with Gasteiger partial charge in [0.05, 0.1) is 0 Å². The van der Waals surface area contributed by atoms with E-state index < -0.39 is 7.81 Å². The van der Waals surface area contributed by atoms with Gasteiger partial charge in [0.2, 0.25) is 6.67 Å². The van der Waals surface area contributed by atoms with Crippen LogP contribution in [-0.4, -0.2) is 34.9 Å². The molecule has 0 saturated carbocycles. The Kier molecular flexibility index (Phi) is 11.8. The Hall–Kier alpha value is 0.323. The maximum Gasteiger partial charge on any atom is 2.00 e. The van der Waals surface area contributed by atoms with E-state index in [2.05, 4.69) is 31.6 Å². The molecular formula is C10H19F6N2PSZn. The molecule has 2 radical (unpaired) electrons. The zero-order valence-corrected chi connectivity index (χ0v) is 16.9. The van der Waals surface area contributed by atoms with Crippen LogP contribution in [0.5, 0.6) is 0 Å². The van der Waals surface area contributed by atoms with Crippen LogP contribution in [0.2, 0.25) is 0 Å². The van der Waals surface area contributed by atoms with Crippen LogP contribution < -0.4 is 0 Å². The second kappa shape index (κ2) is 9.46. The van der Waals surface area contributed by atoms with Gasteiger partial charge in [-0.15, -0.1) is 0 Å². The number of rotatable bonds is 4. The van der Waals surface area contributed by atoms with Crippen molar-refractivity contribution in [3.63, 3.8) is 0 Å². The summed E-state index contributed by atoms with van der Waals surface area (Å²) < 4.78 is 59.2. The van der Waals surface area contributed by atoms with Gasteiger partial charge in [0, 0.05) is 31.7 Å². The number of thioether (sulfide) groups is 1. The van der Waals surface area contributed by atoms with Gasteiger partial charge in [-0.1, -0.05) is 6.92 Å². The van der Waals surface area contributed by atoms with Crippen LogP contribution >= 0.6 is 19.6 Å². The zero-order chi connectivity index (χ0) is 16.5. The van der Waals surface area contributed by atoms with E-state index in [4.69, 9.17) is 0 Å². The monoisotopic (exact) mass is 408 g/mol. The summed E-state index contributed by atoms with van der Waals surface area (Å²) in [6.07, 6.45) is 4.06. The van der Waals surface area contributed by atoms with Crippen molar-refractivity contribution in [2.45, 2.75) is 13.8 Å². The SMILES string of the molecule is CCSCCN1[C]N(C)C=C1.F[P-](F)(F)(F)(F)F.[CH2-]C.[Zn+2]. The Morgan fingerprint density at radius 1 is 1.10 bits per heavy atom. The fourth-order valence-corrected chi connectivity index (χ4v) is 1.50. The van der Waals surface area contributed by atoms with Crippen molar-refractivity contribution in [1.29, 1.82) is 0 Å². The largest absolute Gasteiger partial charge is 2.00 e. The molecule has 0 spiro atoms. The smallest absolute Gasteiger partial charge is 0.346 e. The normalized spacial score (nSPS) is 16.7. The van der Waals surface area contributed by atoms with Crippen LogP contribution in [0.25, 0.3) is 0 Å². The number of hydrogen-bond acceptors (Lipinski definition) is 3. The van der Waals surface area contributed by atoms with Crippen molar-refractivity contribution < 1.29 is 44.7 Å². The van der Waals surface area contributed by atoms with Crippen LogP contribution in [0.1, 0.15) is 13.8 Å². The van der Waals surface area contributed by atoms with E-state index in [1.807, 2.05) is 29.9 Å². The molecule has 0 unspecified atom stereocenters. The van der Waals surface area contributed by atoms with Gasteiger partial charge in [-0.05, 0) is 5.75 Å². The van der Waals surface area contributed by atoms with E-state index in [0.717, 1.165) is 6.54 Å². The van der Waals surface area contributed by atoms with Gasteiger partial charge in [0.1, 0.15) is 0 Å². The van der Waals surface area contributed by atoms with E-state index in [1.165, 1.54) is 11.5 Å². The molecule has 2 nitrogen and oxygen atoms in total. The maximum atomic E-state index is 9.87. The van der Waals surface area contributed by atoms with Crippen LogP contribution in [-0.2, 0) is 19.5 Å². The average Bonchev–Trinajstić information content (AvgIpc) is 2.63. The Labute approximate surface area is 139 Å². The Balaban J connectivity index is -0.000000285. The second-order valence-electron chi connectivity index (χ2n) is 3.36. The van der Waals surface area contributed by atoms with Gasteiger partial charge in [-0.2, -0.15) is 18.7 Å². The van der Waals surface area contributed by atoms with E-state index in [0.29, 0.717) is 0 Å². The van der Waals surface area contributed by atoms with Crippen molar-refractivity contribution in [1.82, 2.24) is 9.80 Å². The average molecular weight is 410 g/mol. The first kappa shape index (κ1) is 26.2. The van der Waals surface area contributed by atoms with Crippen LogP contribution in [0.3, 0.4) is 0 Å². The quantitative estimate of drug-likeness (QED) is 0.194. The van der Waals surface area contributed by atoms with Crippen LogP contribution in [0.15, 0.2) is 12.4 Å². The number of nitrogens with zero attached hydrogens (tertiary/aromatic N) is 2. The van der Waals surface area contributed by atoms with Crippen molar-refractivity contribution in [3.05, 3.63) is 26.0 Å². The molecule has 0 aromatic carbocycles. The van der Waals surface area contributed by atoms with Gasteiger partial charge in [0.15, 0.2) is 0 Å². The third kappa shape index (κ3) is 33.3. The minimum Gasteiger partial charge on any atom is -0.346 e. The van der Waals surface area contributed by atoms with E-state index >= 15 is 0 Å². The summed E-state index contributed by atoms with van der Waals surface area (Å²) in [7, 11) is -8.67. The molecule has 1 rings (SSSR count). The van der Waals surface area contributed by atoms with Gasteiger partial charge in [-0.25, -0.2) is 0 Å². The Morgan fingerprint density at radius 3 is 1.81 bits per heavy atom. The molecule has 0 saturated heterocycles. The van der Waals surface area contributed by atoms with Crippen molar-refractivity contribution in [2.75, 3.05) is 25.1 Å². The molecule has 0 N–H and O–H groups in total. The molecule has 0 bridgehead atoms. The molecule has 0 fully saturated rings. The standard InChI is InChI=1S/C8H14N2S.C2H5.F6P.Zn/c1-3-11-7-6-10-5-4-9(2)8-10;1-2;1-7(2,3,4,5)6;/h4-5H,3,6-7H2,1-2H3;1H2,2H3;;/q;2*-1;+2. The van der Waals surface area contributed by atoms with E-state index in [1.54, 1.807) is 6.92 Å². The topological polar surface area (TPSA) is 6.48 Å².